The van der Waals surface area contributed by atoms with E-state index in [1.54, 1.807) is 40.0 Å². The second-order valence-corrected chi connectivity index (χ2v) is 7.60. The number of amides is 1. The van der Waals surface area contributed by atoms with Gasteiger partial charge in [-0.2, -0.15) is 0 Å². The van der Waals surface area contributed by atoms with Gasteiger partial charge in [0.25, 0.3) is 0 Å². The lowest BCUT2D eigenvalue weighted by Gasteiger charge is -2.20. The third kappa shape index (κ3) is 7.07. The van der Waals surface area contributed by atoms with Crippen molar-refractivity contribution in [1.82, 2.24) is 4.98 Å². The van der Waals surface area contributed by atoms with E-state index in [0.717, 1.165) is 11.1 Å². The zero-order chi connectivity index (χ0) is 21.4. The van der Waals surface area contributed by atoms with Crippen LogP contribution in [0.15, 0.2) is 60.8 Å². The van der Waals surface area contributed by atoms with Gasteiger partial charge in [-0.15, -0.1) is 0 Å². The Kier molecular flexibility index (Phi) is 7.53. The third-order valence-electron chi connectivity index (χ3n) is 4.03. The molecule has 1 amide bonds. The maximum Gasteiger partial charge on any atom is 0.413 e. The monoisotopic (exact) mass is 396 g/mol. The molecule has 0 saturated carbocycles. The standard InChI is InChI=1S/C23H28N2O4/c1-6-28-21(26)16(2)14-19(17-10-8-7-9-11-17)18-12-13-20(24-15-18)25-22(27)29-23(3,4)5/h7-13,15,19H,2,6,14H2,1,3-5H3,(H,24,25,27). The number of nitrogens with one attached hydrogen (secondary N) is 1. The number of esters is 1. The summed E-state index contributed by atoms with van der Waals surface area (Å²) in [4.78, 5) is 28.3. The number of pyridine rings is 1. The summed E-state index contributed by atoms with van der Waals surface area (Å²) >= 11 is 0. The summed E-state index contributed by atoms with van der Waals surface area (Å²) in [6.45, 7) is 11.3. The molecule has 29 heavy (non-hydrogen) atoms. The predicted molar refractivity (Wildman–Crippen MR) is 113 cm³/mol. The van der Waals surface area contributed by atoms with E-state index >= 15 is 0 Å². The summed E-state index contributed by atoms with van der Waals surface area (Å²) in [5.74, 6) is -0.125. The Morgan fingerprint density at radius 1 is 1.10 bits per heavy atom. The average Bonchev–Trinajstić information content (AvgIpc) is 2.66. The number of aromatic nitrogens is 1. The molecule has 0 saturated heterocycles. The Labute approximate surface area is 171 Å². The number of anilines is 1. The molecule has 1 atom stereocenters. The molecule has 0 aliphatic heterocycles. The molecule has 154 valence electrons. The molecule has 0 aliphatic rings. The number of benzene rings is 1. The van der Waals surface area contributed by atoms with E-state index in [4.69, 9.17) is 9.47 Å². The molecule has 0 aliphatic carbocycles. The fourth-order valence-corrected chi connectivity index (χ4v) is 2.77. The van der Waals surface area contributed by atoms with Crippen LogP contribution in [0.2, 0.25) is 0 Å². The first-order valence-electron chi connectivity index (χ1n) is 9.55. The number of hydrogen-bond donors (Lipinski definition) is 1. The van der Waals surface area contributed by atoms with E-state index in [1.165, 1.54) is 0 Å². The highest BCUT2D eigenvalue weighted by molar-refractivity contribution is 5.88. The normalized spacial score (nSPS) is 12.0. The van der Waals surface area contributed by atoms with Crippen LogP contribution < -0.4 is 5.32 Å². The number of nitrogens with zero attached hydrogens (tertiary/aromatic N) is 1. The smallest absolute Gasteiger partial charge is 0.413 e. The number of carbonyl (C=O) groups is 2. The van der Waals surface area contributed by atoms with Crippen molar-refractivity contribution >= 4 is 17.9 Å². The molecule has 2 rings (SSSR count). The fourth-order valence-electron chi connectivity index (χ4n) is 2.77. The summed E-state index contributed by atoms with van der Waals surface area (Å²) in [6, 6.07) is 13.4. The molecule has 1 unspecified atom stereocenters. The predicted octanol–water partition coefficient (Wildman–Crippen LogP) is 5.07. The van der Waals surface area contributed by atoms with Crippen molar-refractivity contribution in [2.75, 3.05) is 11.9 Å². The molecule has 6 nitrogen and oxygen atoms in total. The number of ether oxygens (including phenoxy) is 2. The van der Waals surface area contributed by atoms with Crippen molar-refractivity contribution in [3.8, 4) is 0 Å². The summed E-state index contributed by atoms with van der Waals surface area (Å²) < 4.78 is 10.3. The van der Waals surface area contributed by atoms with Gasteiger partial charge in [0.2, 0.25) is 0 Å². The molecule has 1 aromatic carbocycles. The van der Waals surface area contributed by atoms with Crippen LogP contribution in [-0.2, 0) is 14.3 Å². The van der Waals surface area contributed by atoms with Gasteiger partial charge in [-0.25, -0.2) is 14.6 Å². The molecule has 6 heteroatoms. The molecular formula is C23H28N2O4. The quantitative estimate of drug-likeness (QED) is 0.522. The van der Waals surface area contributed by atoms with E-state index < -0.39 is 17.7 Å². The van der Waals surface area contributed by atoms with Gasteiger partial charge in [-0.3, -0.25) is 5.32 Å². The summed E-state index contributed by atoms with van der Waals surface area (Å²) in [5.41, 5.74) is 1.75. The zero-order valence-electron chi connectivity index (χ0n) is 17.4. The van der Waals surface area contributed by atoms with Gasteiger partial charge in [0, 0.05) is 17.7 Å². The van der Waals surface area contributed by atoms with Crippen LogP contribution in [0.5, 0.6) is 0 Å². The van der Waals surface area contributed by atoms with Crippen LogP contribution in [0.1, 0.15) is 51.2 Å². The molecule has 1 aromatic heterocycles. The van der Waals surface area contributed by atoms with Crippen LogP contribution in [-0.4, -0.2) is 29.3 Å². The van der Waals surface area contributed by atoms with Gasteiger partial charge in [-0.1, -0.05) is 43.0 Å². The molecule has 1 N–H and O–H groups in total. The Morgan fingerprint density at radius 2 is 1.79 bits per heavy atom. The van der Waals surface area contributed by atoms with Crippen molar-refractivity contribution in [2.45, 2.75) is 45.6 Å². The molecule has 0 spiro atoms. The van der Waals surface area contributed by atoms with Gasteiger partial charge >= 0.3 is 12.1 Å². The fraction of sp³-hybridized carbons (Fsp3) is 0.348. The molecular weight excluding hydrogens is 368 g/mol. The SMILES string of the molecule is C=C(CC(c1ccccc1)c1ccc(NC(=O)OC(C)(C)C)nc1)C(=O)OCC. The molecule has 0 bridgehead atoms. The van der Waals surface area contributed by atoms with Crippen molar-refractivity contribution in [1.29, 1.82) is 0 Å². The third-order valence-corrected chi connectivity index (χ3v) is 4.03. The van der Waals surface area contributed by atoms with Crippen molar-refractivity contribution in [3.05, 3.63) is 71.9 Å². The lowest BCUT2D eigenvalue weighted by atomic mass is 9.87. The largest absolute Gasteiger partial charge is 0.463 e. The number of rotatable bonds is 7. The topological polar surface area (TPSA) is 77.5 Å². The Hall–Kier alpha value is -3.15. The van der Waals surface area contributed by atoms with Crippen molar-refractivity contribution in [3.63, 3.8) is 0 Å². The highest BCUT2D eigenvalue weighted by Crippen LogP contribution is 2.31. The van der Waals surface area contributed by atoms with Crippen molar-refractivity contribution in [2.24, 2.45) is 0 Å². The molecule has 0 radical (unpaired) electrons. The van der Waals surface area contributed by atoms with Gasteiger partial charge in [0.15, 0.2) is 0 Å². The van der Waals surface area contributed by atoms with Gasteiger partial charge in [0.1, 0.15) is 11.4 Å². The first-order chi connectivity index (χ1) is 13.7. The first kappa shape index (κ1) is 22.1. The van der Waals surface area contributed by atoms with E-state index in [0.29, 0.717) is 24.4 Å². The minimum Gasteiger partial charge on any atom is -0.463 e. The summed E-state index contributed by atoms with van der Waals surface area (Å²) in [6.07, 6.45) is 1.53. The Bertz CT molecular complexity index is 839. The number of carbonyl (C=O) groups excluding carboxylic acids is 2. The van der Waals surface area contributed by atoms with Crippen LogP contribution in [0.3, 0.4) is 0 Å². The van der Waals surface area contributed by atoms with Crippen LogP contribution in [0, 0.1) is 0 Å². The first-order valence-corrected chi connectivity index (χ1v) is 9.55. The van der Waals surface area contributed by atoms with E-state index in [-0.39, 0.29) is 5.92 Å². The Morgan fingerprint density at radius 3 is 2.34 bits per heavy atom. The van der Waals surface area contributed by atoms with Crippen LogP contribution >= 0.6 is 0 Å². The van der Waals surface area contributed by atoms with Gasteiger partial charge in [-0.05, 0) is 51.3 Å². The second kappa shape index (κ2) is 9.87. The lowest BCUT2D eigenvalue weighted by Crippen LogP contribution is -2.27. The van der Waals surface area contributed by atoms with Crippen LogP contribution in [0.4, 0.5) is 10.6 Å². The average molecular weight is 396 g/mol. The molecule has 1 heterocycles. The van der Waals surface area contributed by atoms with E-state index in [2.05, 4.69) is 16.9 Å². The summed E-state index contributed by atoms with van der Waals surface area (Å²) in [7, 11) is 0. The zero-order valence-corrected chi connectivity index (χ0v) is 17.4. The minimum atomic E-state index is -0.587. The second-order valence-electron chi connectivity index (χ2n) is 7.60. The number of hydrogen-bond acceptors (Lipinski definition) is 5. The Balaban J connectivity index is 2.19. The maximum absolute atomic E-state index is 12.0. The summed E-state index contributed by atoms with van der Waals surface area (Å²) in [5, 5.41) is 2.62. The van der Waals surface area contributed by atoms with Gasteiger partial charge in [0.05, 0.1) is 6.61 Å². The van der Waals surface area contributed by atoms with Gasteiger partial charge < -0.3 is 9.47 Å². The van der Waals surface area contributed by atoms with Crippen LogP contribution in [0.25, 0.3) is 0 Å². The van der Waals surface area contributed by atoms with E-state index in [1.807, 2.05) is 36.4 Å². The maximum atomic E-state index is 12.0. The highest BCUT2D eigenvalue weighted by Gasteiger charge is 2.20. The minimum absolute atomic E-state index is 0.115. The van der Waals surface area contributed by atoms with E-state index in [9.17, 15) is 9.59 Å². The molecule has 2 aromatic rings. The lowest BCUT2D eigenvalue weighted by molar-refractivity contribution is -0.138. The molecule has 0 fully saturated rings. The highest BCUT2D eigenvalue weighted by atomic mass is 16.6. The van der Waals surface area contributed by atoms with Crippen molar-refractivity contribution < 1.29 is 19.1 Å².